The number of aliphatic hydroxyl groups excluding tert-OH is 1. The summed E-state index contributed by atoms with van der Waals surface area (Å²) in [6.07, 6.45) is 10.8. The van der Waals surface area contributed by atoms with Crippen LogP contribution in [0.3, 0.4) is 0 Å². The third-order valence-electron chi connectivity index (χ3n) is 2.56. The smallest absolute Gasteiger partial charge is 0.303 e. The monoisotopic (exact) mass is 228 g/mol. The fourth-order valence-electron chi connectivity index (χ4n) is 1.45. The zero-order chi connectivity index (χ0) is 12.2. The van der Waals surface area contributed by atoms with Crippen molar-refractivity contribution in [1.82, 2.24) is 0 Å². The minimum Gasteiger partial charge on any atom is -0.481 e. The molecule has 0 amide bonds. The number of rotatable bonds is 10. The normalized spacial score (nSPS) is 13.1. The molecule has 0 aliphatic rings. The summed E-state index contributed by atoms with van der Waals surface area (Å²) in [6, 6.07) is 0. The zero-order valence-corrected chi connectivity index (χ0v) is 10.2. The van der Waals surface area contributed by atoms with E-state index in [0.29, 0.717) is 0 Å². The van der Waals surface area contributed by atoms with Crippen LogP contribution in [0.4, 0.5) is 0 Å². The molecule has 0 spiro atoms. The van der Waals surface area contributed by atoms with E-state index in [1.807, 2.05) is 6.92 Å². The first-order chi connectivity index (χ1) is 7.66. The predicted molar refractivity (Wildman–Crippen MR) is 65.4 cm³/mol. The van der Waals surface area contributed by atoms with Gasteiger partial charge in [-0.3, -0.25) is 4.79 Å². The van der Waals surface area contributed by atoms with E-state index in [0.717, 1.165) is 44.9 Å². The molecule has 0 rings (SSSR count). The van der Waals surface area contributed by atoms with E-state index in [9.17, 15) is 9.90 Å². The van der Waals surface area contributed by atoms with Crippen LogP contribution >= 0.6 is 0 Å². The molecule has 0 aliphatic heterocycles. The van der Waals surface area contributed by atoms with Crippen LogP contribution in [0, 0.1) is 0 Å². The van der Waals surface area contributed by atoms with Crippen molar-refractivity contribution in [2.24, 2.45) is 0 Å². The number of carboxylic acid groups (broad SMARTS) is 1. The number of aliphatic hydroxyl groups is 1. The molecule has 0 radical (unpaired) electrons. The minimum atomic E-state index is -0.711. The van der Waals surface area contributed by atoms with Gasteiger partial charge in [-0.1, -0.05) is 19.1 Å². The largest absolute Gasteiger partial charge is 0.481 e. The molecule has 0 fully saturated rings. The molecule has 1 atom stereocenters. The zero-order valence-electron chi connectivity index (χ0n) is 10.2. The van der Waals surface area contributed by atoms with Gasteiger partial charge in [0.2, 0.25) is 0 Å². The molecule has 0 bridgehead atoms. The van der Waals surface area contributed by atoms with Crippen molar-refractivity contribution in [3.63, 3.8) is 0 Å². The van der Waals surface area contributed by atoms with E-state index in [1.54, 1.807) is 0 Å². The van der Waals surface area contributed by atoms with Gasteiger partial charge in [0.05, 0.1) is 6.10 Å². The fourth-order valence-corrected chi connectivity index (χ4v) is 1.45. The number of unbranched alkanes of at least 4 members (excludes halogenated alkanes) is 3. The van der Waals surface area contributed by atoms with E-state index in [4.69, 9.17) is 5.11 Å². The summed E-state index contributed by atoms with van der Waals surface area (Å²) in [6.45, 7) is 1.99. The number of carboxylic acids is 1. The van der Waals surface area contributed by atoms with Gasteiger partial charge in [-0.25, -0.2) is 0 Å². The summed E-state index contributed by atoms with van der Waals surface area (Å²) in [4.78, 5) is 10.2. The van der Waals surface area contributed by atoms with Crippen molar-refractivity contribution in [2.75, 3.05) is 0 Å². The van der Waals surface area contributed by atoms with Gasteiger partial charge >= 0.3 is 5.97 Å². The second-order valence-electron chi connectivity index (χ2n) is 4.10. The Balaban J connectivity index is 3.19. The van der Waals surface area contributed by atoms with Crippen molar-refractivity contribution in [1.29, 1.82) is 0 Å². The van der Waals surface area contributed by atoms with E-state index >= 15 is 0 Å². The average molecular weight is 228 g/mol. The van der Waals surface area contributed by atoms with Gasteiger partial charge in [0.1, 0.15) is 0 Å². The van der Waals surface area contributed by atoms with Crippen molar-refractivity contribution in [3.05, 3.63) is 12.2 Å². The first-order valence-corrected chi connectivity index (χ1v) is 6.21. The Bertz CT molecular complexity index is 199. The van der Waals surface area contributed by atoms with Crippen LogP contribution in [0.2, 0.25) is 0 Å². The number of hydrogen-bond acceptors (Lipinski definition) is 2. The highest BCUT2D eigenvalue weighted by Gasteiger charge is 1.98. The highest BCUT2D eigenvalue weighted by Crippen LogP contribution is 2.06. The summed E-state index contributed by atoms with van der Waals surface area (Å²) in [5.41, 5.74) is 0. The second-order valence-corrected chi connectivity index (χ2v) is 4.10. The number of carbonyl (C=O) groups is 1. The summed E-state index contributed by atoms with van der Waals surface area (Å²) in [5, 5.41) is 17.7. The van der Waals surface area contributed by atoms with Crippen molar-refractivity contribution >= 4 is 5.97 Å². The average Bonchev–Trinajstić information content (AvgIpc) is 2.26. The van der Waals surface area contributed by atoms with Crippen molar-refractivity contribution in [3.8, 4) is 0 Å². The van der Waals surface area contributed by atoms with Gasteiger partial charge in [-0.05, 0) is 44.9 Å². The molecule has 2 N–H and O–H groups in total. The fraction of sp³-hybridized carbons (Fsp3) is 0.769. The molecule has 0 saturated carbocycles. The van der Waals surface area contributed by atoms with Crippen LogP contribution in [0.25, 0.3) is 0 Å². The van der Waals surface area contributed by atoms with E-state index in [2.05, 4.69) is 12.2 Å². The molecular formula is C13H24O3. The molecule has 0 heterocycles. The Labute approximate surface area is 98.2 Å². The Kier molecular flexibility index (Phi) is 10.1. The first kappa shape index (κ1) is 15.2. The van der Waals surface area contributed by atoms with E-state index < -0.39 is 5.97 Å². The summed E-state index contributed by atoms with van der Waals surface area (Å²) in [5.74, 6) is -0.711. The van der Waals surface area contributed by atoms with Crippen molar-refractivity contribution < 1.29 is 15.0 Å². The molecule has 0 aromatic rings. The lowest BCUT2D eigenvalue weighted by molar-refractivity contribution is -0.137. The Morgan fingerprint density at radius 3 is 2.38 bits per heavy atom. The van der Waals surface area contributed by atoms with Gasteiger partial charge in [-0.15, -0.1) is 0 Å². The van der Waals surface area contributed by atoms with Gasteiger partial charge < -0.3 is 10.2 Å². The van der Waals surface area contributed by atoms with Crippen LogP contribution in [0.15, 0.2) is 12.2 Å². The highest BCUT2D eigenvalue weighted by atomic mass is 16.4. The van der Waals surface area contributed by atoms with Crippen LogP contribution in [0.5, 0.6) is 0 Å². The van der Waals surface area contributed by atoms with E-state index in [1.165, 1.54) is 0 Å². The maximum atomic E-state index is 10.2. The standard InChI is InChI=1S/C13H24O3/c1-2-12(14)10-8-6-4-3-5-7-9-11-13(15)16/h3-4,12,14H,2,5-11H2,1H3,(H,15,16)/b4-3-. The Morgan fingerprint density at radius 1 is 1.19 bits per heavy atom. The third kappa shape index (κ3) is 11.2. The highest BCUT2D eigenvalue weighted by molar-refractivity contribution is 5.66. The molecule has 0 aliphatic carbocycles. The Hall–Kier alpha value is -0.830. The van der Waals surface area contributed by atoms with Crippen LogP contribution in [0.1, 0.15) is 58.3 Å². The molecular weight excluding hydrogens is 204 g/mol. The van der Waals surface area contributed by atoms with Gasteiger partial charge in [0, 0.05) is 6.42 Å². The predicted octanol–water partition coefficient (Wildman–Crippen LogP) is 3.13. The molecule has 1 unspecified atom stereocenters. The van der Waals surface area contributed by atoms with Gasteiger partial charge in [0.15, 0.2) is 0 Å². The lowest BCUT2D eigenvalue weighted by Crippen LogP contribution is -2.02. The molecule has 0 aromatic heterocycles. The lowest BCUT2D eigenvalue weighted by atomic mass is 10.1. The maximum Gasteiger partial charge on any atom is 0.303 e. The summed E-state index contributed by atoms with van der Waals surface area (Å²) < 4.78 is 0. The molecule has 3 heteroatoms. The van der Waals surface area contributed by atoms with E-state index in [-0.39, 0.29) is 12.5 Å². The minimum absolute atomic E-state index is 0.149. The summed E-state index contributed by atoms with van der Waals surface area (Å²) >= 11 is 0. The molecule has 0 saturated heterocycles. The lowest BCUT2D eigenvalue weighted by Gasteiger charge is -2.04. The van der Waals surface area contributed by atoms with Gasteiger partial charge in [-0.2, -0.15) is 0 Å². The van der Waals surface area contributed by atoms with Gasteiger partial charge in [0.25, 0.3) is 0 Å². The molecule has 3 nitrogen and oxygen atoms in total. The molecule has 0 aromatic carbocycles. The second kappa shape index (κ2) is 10.7. The van der Waals surface area contributed by atoms with Crippen LogP contribution in [-0.2, 0) is 4.79 Å². The third-order valence-corrected chi connectivity index (χ3v) is 2.56. The SMILES string of the molecule is CCC(O)CCC/C=C\CCCCC(=O)O. The number of aliphatic carboxylic acids is 1. The Morgan fingerprint density at radius 2 is 1.81 bits per heavy atom. The van der Waals surface area contributed by atoms with Crippen LogP contribution in [-0.4, -0.2) is 22.3 Å². The van der Waals surface area contributed by atoms with Crippen molar-refractivity contribution in [2.45, 2.75) is 64.4 Å². The first-order valence-electron chi connectivity index (χ1n) is 6.21. The maximum absolute atomic E-state index is 10.2. The van der Waals surface area contributed by atoms with Crippen LogP contribution < -0.4 is 0 Å². The quantitative estimate of drug-likeness (QED) is 0.446. The summed E-state index contributed by atoms with van der Waals surface area (Å²) in [7, 11) is 0. The number of allylic oxidation sites excluding steroid dienone is 2. The molecule has 16 heavy (non-hydrogen) atoms. The topological polar surface area (TPSA) is 57.5 Å². The number of hydrogen-bond donors (Lipinski definition) is 2. The molecule has 94 valence electrons.